The maximum atomic E-state index is 13.3. The molecule has 1 aliphatic heterocycles. The molecular weight excluding hydrogens is 441 g/mol. The first-order valence-electron chi connectivity index (χ1n) is 10.8. The Labute approximate surface area is 195 Å². The van der Waals surface area contributed by atoms with Crippen LogP contribution in [0.1, 0.15) is 5.69 Å². The molecule has 3 aromatic heterocycles. The third-order valence-corrected chi connectivity index (χ3v) is 6.71. The Morgan fingerprint density at radius 1 is 1.21 bits per heavy atom. The highest BCUT2D eigenvalue weighted by molar-refractivity contribution is 7.14. The van der Waals surface area contributed by atoms with Crippen molar-refractivity contribution in [1.82, 2.24) is 24.9 Å². The predicted molar refractivity (Wildman–Crippen MR) is 129 cm³/mol. The van der Waals surface area contributed by atoms with Gasteiger partial charge in [0.05, 0.1) is 18.0 Å². The van der Waals surface area contributed by atoms with Crippen molar-refractivity contribution in [2.45, 2.75) is 13.0 Å². The van der Waals surface area contributed by atoms with E-state index in [1.165, 1.54) is 23.5 Å². The minimum absolute atomic E-state index is 0.257. The summed E-state index contributed by atoms with van der Waals surface area (Å²) in [7, 11) is 3.69. The van der Waals surface area contributed by atoms with E-state index in [1.54, 1.807) is 19.2 Å². The Morgan fingerprint density at radius 2 is 2.03 bits per heavy atom. The van der Waals surface area contributed by atoms with E-state index in [0.717, 1.165) is 59.0 Å². The van der Waals surface area contributed by atoms with Gasteiger partial charge in [0.1, 0.15) is 11.6 Å². The van der Waals surface area contributed by atoms with Gasteiger partial charge in [0.2, 0.25) is 0 Å². The van der Waals surface area contributed by atoms with Crippen LogP contribution in [0.5, 0.6) is 0 Å². The normalized spacial score (nSPS) is 16.5. The van der Waals surface area contributed by atoms with Crippen LogP contribution in [0, 0.1) is 12.7 Å². The highest BCUT2D eigenvalue weighted by Crippen LogP contribution is 2.33. The molecule has 1 atom stereocenters. The molecule has 1 aromatic carbocycles. The monoisotopic (exact) mass is 467 g/mol. The number of rotatable bonds is 6. The number of nitrogens with one attached hydrogen (secondary N) is 1. The van der Waals surface area contributed by atoms with Crippen molar-refractivity contribution in [3.63, 3.8) is 0 Å². The topological polar surface area (TPSA) is 70.8 Å². The maximum absolute atomic E-state index is 13.3. The number of thiazole rings is 1. The second-order valence-corrected chi connectivity index (χ2v) is 8.95. The maximum Gasteiger partial charge on any atom is 0.191 e. The molecular formula is C23H26FN7OS. The van der Waals surface area contributed by atoms with E-state index < -0.39 is 0 Å². The number of hydrogen-bond donors (Lipinski definition) is 1. The molecule has 1 fully saturated rings. The SMILES string of the molecule is COCC1CN(c2ccc3nc(C)c(N(C)c4nc(-c5ccc(F)cc5)cs4)n3n2)CCN1. The minimum Gasteiger partial charge on any atom is -0.383 e. The summed E-state index contributed by atoms with van der Waals surface area (Å²) in [6.45, 7) is 5.24. The molecule has 0 radical (unpaired) electrons. The van der Waals surface area contributed by atoms with E-state index in [-0.39, 0.29) is 11.9 Å². The largest absolute Gasteiger partial charge is 0.383 e. The summed E-state index contributed by atoms with van der Waals surface area (Å²) >= 11 is 1.53. The zero-order valence-corrected chi connectivity index (χ0v) is 19.6. The summed E-state index contributed by atoms with van der Waals surface area (Å²) in [5, 5.41) is 11.2. The number of aryl methyl sites for hydroxylation is 1. The van der Waals surface area contributed by atoms with Crippen LogP contribution in [0.4, 0.5) is 21.2 Å². The van der Waals surface area contributed by atoms with Crippen LogP contribution < -0.4 is 15.1 Å². The molecule has 0 bridgehead atoms. The van der Waals surface area contributed by atoms with Crippen LogP contribution in [-0.4, -0.2) is 66.0 Å². The van der Waals surface area contributed by atoms with Gasteiger partial charge in [-0.25, -0.2) is 14.4 Å². The number of nitrogens with zero attached hydrogens (tertiary/aromatic N) is 6. The van der Waals surface area contributed by atoms with Crippen LogP contribution in [0.15, 0.2) is 41.8 Å². The zero-order valence-electron chi connectivity index (χ0n) is 18.8. The number of ether oxygens (including phenoxy) is 1. The fourth-order valence-corrected chi connectivity index (χ4v) is 4.99. The lowest BCUT2D eigenvalue weighted by Gasteiger charge is -2.34. The first-order chi connectivity index (χ1) is 16.0. The number of fused-ring (bicyclic) bond motifs is 1. The minimum atomic E-state index is -0.257. The summed E-state index contributed by atoms with van der Waals surface area (Å²) in [6.07, 6.45) is 0. The van der Waals surface area contributed by atoms with Crippen LogP contribution in [0.25, 0.3) is 16.9 Å². The van der Waals surface area contributed by atoms with Gasteiger partial charge < -0.3 is 19.9 Å². The van der Waals surface area contributed by atoms with Crippen LogP contribution in [0.2, 0.25) is 0 Å². The number of hydrogen-bond acceptors (Lipinski definition) is 8. The molecule has 0 saturated carbocycles. The van der Waals surface area contributed by atoms with E-state index in [1.807, 2.05) is 40.9 Å². The fourth-order valence-electron chi connectivity index (χ4n) is 4.18. The van der Waals surface area contributed by atoms with Crippen molar-refractivity contribution >= 4 is 33.8 Å². The second-order valence-electron chi connectivity index (χ2n) is 8.12. The Bertz CT molecular complexity index is 1250. The average molecular weight is 468 g/mol. The van der Waals surface area contributed by atoms with Crippen molar-refractivity contribution in [3.8, 4) is 11.3 Å². The molecule has 1 unspecified atom stereocenters. The summed E-state index contributed by atoms with van der Waals surface area (Å²) in [5.74, 6) is 1.52. The number of methoxy groups -OCH3 is 1. The summed E-state index contributed by atoms with van der Waals surface area (Å²) in [4.78, 5) is 13.8. The Hall–Kier alpha value is -3.08. The first kappa shape index (κ1) is 21.7. The molecule has 0 amide bonds. The standard InChI is InChI=1S/C23H26FN7OS/c1-15-22(29(2)23-27-19(14-33-23)16-4-6-17(24)7-5-16)31-20(26-15)8-9-21(28-31)30-11-10-25-18(12-30)13-32-3/h4-9,14,18,25H,10-13H2,1-3H3. The number of benzene rings is 1. The summed E-state index contributed by atoms with van der Waals surface area (Å²) in [5.41, 5.74) is 3.36. The number of anilines is 3. The second kappa shape index (κ2) is 9.05. The van der Waals surface area contributed by atoms with Gasteiger partial charge in [-0.3, -0.25) is 0 Å². The van der Waals surface area contributed by atoms with Crippen LogP contribution in [-0.2, 0) is 4.74 Å². The predicted octanol–water partition coefficient (Wildman–Crippen LogP) is 3.49. The fraction of sp³-hybridized carbons (Fsp3) is 0.348. The molecule has 4 aromatic rings. The first-order valence-corrected chi connectivity index (χ1v) is 11.7. The molecule has 0 aliphatic carbocycles. The zero-order chi connectivity index (χ0) is 22.9. The average Bonchev–Trinajstić information content (AvgIpc) is 3.43. The smallest absolute Gasteiger partial charge is 0.191 e. The van der Waals surface area contributed by atoms with Gasteiger partial charge in [0, 0.05) is 50.8 Å². The van der Waals surface area contributed by atoms with Gasteiger partial charge in [-0.1, -0.05) is 0 Å². The molecule has 1 saturated heterocycles. The number of imidazole rings is 1. The van der Waals surface area contributed by atoms with E-state index in [0.29, 0.717) is 6.61 Å². The molecule has 5 rings (SSSR count). The number of aromatic nitrogens is 4. The lowest BCUT2D eigenvalue weighted by Crippen LogP contribution is -2.52. The molecule has 4 heterocycles. The van der Waals surface area contributed by atoms with Crippen LogP contribution >= 0.6 is 11.3 Å². The van der Waals surface area contributed by atoms with Gasteiger partial charge in [-0.15, -0.1) is 16.4 Å². The van der Waals surface area contributed by atoms with E-state index >= 15 is 0 Å². The van der Waals surface area contributed by atoms with Crippen molar-refractivity contribution in [2.24, 2.45) is 0 Å². The quantitative estimate of drug-likeness (QED) is 0.465. The molecule has 8 nitrogen and oxygen atoms in total. The van der Waals surface area contributed by atoms with Crippen LogP contribution in [0.3, 0.4) is 0 Å². The lowest BCUT2D eigenvalue weighted by atomic mass is 10.2. The third kappa shape index (κ3) is 4.29. The Morgan fingerprint density at radius 3 is 2.82 bits per heavy atom. The van der Waals surface area contributed by atoms with Gasteiger partial charge in [-0.2, -0.15) is 4.52 Å². The van der Waals surface area contributed by atoms with Crippen molar-refractivity contribution in [1.29, 1.82) is 0 Å². The van der Waals surface area contributed by atoms with E-state index in [4.69, 9.17) is 19.8 Å². The Kier molecular flexibility index (Phi) is 5.96. The van der Waals surface area contributed by atoms with Crippen molar-refractivity contribution in [2.75, 3.05) is 50.2 Å². The van der Waals surface area contributed by atoms with Crippen molar-refractivity contribution < 1.29 is 9.13 Å². The molecule has 10 heteroatoms. The molecule has 1 aliphatic rings. The number of halogens is 1. The highest BCUT2D eigenvalue weighted by atomic mass is 32.1. The Balaban J connectivity index is 1.46. The molecule has 172 valence electrons. The molecule has 0 spiro atoms. The lowest BCUT2D eigenvalue weighted by molar-refractivity contribution is 0.163. The molecule has 1 N–H and O–H groups in total. The van der Waals surface area contributed by atoms with Gasteiger partial charge in [0.25, 0.3) is 0 Å². The van der Waals surface area contributed by atoms with Gasteiger partial charge in [0.15, 0.2) is 16.6 Å². The van der Waals surface area contributed by atoms with Gasteiger partial charge >= 0.3 is 0 Å². The summed E-state index contributed by atoms with van der Waals surface area (Å²) < 4.78 is 20.5. The van der Waals surface area contributed by atoms with E-state index in [2.05, 4.69) is 10.2 Å². The summed E-state index contributed by atoms with van der Waals surface area (Å²) in [6, 6.07) is 10.7. The van der Waals surface area contributed by atoms with E-state index in [9.17, 15) is 4.39 Å². The van der Waals surface area contributed by atoms with Gasteiger partial charge in [-0.05, 0) is 43.3 Å². The van der Waals surface area contributed by atoms with Crippen molar-refractivity contribution in [3.05, 3.63) is 53.3 Å². The number of piperazine rings is 1. The molecule has 33 heavy (non-hydrogen) atoms. The third-order valence-electron chi connectivity index (χ3n) is 5.79. The highest BCUT2D eigenvalue weighted by Gasteiger charge is 2.23.